The third-order valence-electron chi connectivity index (χ3n) is 3.55. The molecule has 0 fully saturated rings. The summed E-state index contributed by atoms with van der Waals surface area (Å²) in [6, 6.07) is 9.68. The lowest BCUT2D eigenvalue weighted by Crippen LogP contribution is -2.15. The van der Waals surface area contributed by atoms with Crippen molar-refractivity contribution in [2.45, 2.75) is 6.92 Å². The average Bonchev–Trinajstić information content (AvgIpc) is 2.98. The first-order valence-electron chi connectivity index (χ1n) is 7.47. The Morgan fingerprint density at radius 1 is 1.08 bits per heavy atom. The first kappa shape index (κ1) is 15.7. The summed E-state index contributed by atoms with van der Waals surface area (Å²) in [5.74, 6) is 0.344. The highest BCUT2D eigenvalue weighted by atomic mass is 16.1. The van der Waals surface area contributed by atoms with E-state index in [2.05, 4.69) is 20.4 Å². The molecule has 0 bridgehead atoms. The van der Waals surface area contributed by atoms with Gasteiger partial charge in [0.2, 0.25) is 5.95 Å². The number of hydrogen-bond donors (Lipinski definition) is 1. The molecule has 122 valence electrons. The van der Waals surface area contributed by atoms with E-state index in [1.165, 1.54) is 0 Å². The Kier molecular flexibility index (Phi) is 4.24. The second-order valence-corrected chi connectivity index (χ2v) is 5.51. The summed E-state index contributed by atoms with van der Waals surface area (Å²) in [7, 11) is 3.71. The predicted molar refractivity (Wildman–Crippen MR) is 92.6 cm³/mol. The maximum Gasteiger partial charge on any atom is 0.259 e. The fourth-order valence-corrected chi connectivity index (χ4v) is 2.28. The summed E-state index contributed by atoms with van der Waals surface area (Å²) < 4.78 is 1.74. The molecule has 1 N–H and O–H groups in total. The highest BCUT2D eigenvalue weighted by Gasteiger charge is 2.15. The number of rotatable bonds is 4. The SMILES string of the molecule is Cc1c(C(=O)Nc2cnc(N(C)C)nc2)cnn1-c1ccccc1. The van der Waals surface area contributed by atoms with Crippen molar-refractivity contribution in [2.24, 2.45) is 0 Å². The first-order valence-corrected chi connectivity index (χ1v) is 7.47. The van der Waals surface area contributed by atoms with Gasteiger partial charge in [0.15, 0.2) is 0 Å². The third kappa shape index (κ3) is 3.10. The van der Waals surface area contributed by atoms with E-state index in [9.17, 15) is 4.79 Å². The maximum absolute atomic E-state index is 12.5. The molecule has 3 aromatic rings. The van der Waals surface area contributed by atoms with Gasteiger partial charge in [-0.05, 0) is 19.1 Å². The van der Waals surface area contributed by atoms with Gasteiger partial charge in [0.25, 0.3) is 5.91 Å². The summed E-state index contributed by atoms with van der Waals surface area (Å²) in [5.41, 5.74) is 2.73. The van der Waals surface area contributed by atoms with Gasteiger partial charge < -0.3 is 10.2 Å². The predicted octanol–water partition coefficient (Wildman–Crippen LogP) is 2.29. The van der Waals surface area contributed by atoms with Gasteiger partial charge in [0.1, 0.15) is 0 Å². The minimum atomic E-state index is -0.240. The van der Waals surface area contributed by atoms with Gasteiger partial charge in [-0.2, -0.15) is 5.10 Å². The van der Waals surface area contributed by atoms with Crippen LogP contribution in [0.3, 0.4) is 0 Å². The van der Waals surface area contributed by atoms with Crippen LogP contribution in [0.5, 0.6) is 0 Å². The molecule has 0 aliphatic heterocycles. The summed E-state index contributed by atoms with van der Waals surface area (Å²) in [5, 5.41) is 7.10. The van der Waals surface area contributed by atoms with Crippen LogP contribution in [0.2, 0.25) is 0 Å². The lowest BCUT2D eigenvalue weighted by molar-refractivity contribution is 0.102. The van der Waals surface area contributed by atoms with Crippen LogP contribution in [0.25, 0.3) is 5.69 Å². The molecule has 0 spiro atoms. The Hall–Kier alpha value is -3.22. The molecule has 3 rings (SSSR count). The van der Waals surface area contributed by atoms with Crippen molar-refractivity contribution in [1.29, 1.82) is 0 Å². The standard InChI is InChI=1S/C17H18N6O/c1-12-15(11-20-23(12)14-7-5-4-6-8-14)16(24)21-13-9-18-17(19-10-13)22(2)3/h4-11H,1-3H3,(H,21,24). The van der Waals surface area contributed by atoms with E-state index in [0.29, 0.717) is 17.2 Å². The summed E-state index contributed by atoms with van der Waals surface area (Å²) in [6.45, 7) is 1.86. The van der Waals surface area contributed by atoms with Gasteiger partial charge in [0, 0.05) is 14.1 Å². The molecule has 7 nitrogen and oxygen atoms in total. The maximum atomic E-state index is 12.5. The van der Waals surface area contributed by atoms with Crippen molar-refractivity contribution in [2.75, 3.05) is 24.3 Å². The molecule has 7 heteroatoms. The Morgan fingerprint density at radius 3 is 2.38 bits per heavy atom. The van der Waals surface area contributed by atoms with Crippen molar-refractivity contribution in [1.82, 2.24) is 19.7 Å². The van der Waals surface area contributed by atoms with E-state index in [4.69, 9.17) is 0 Å². The highest BCUT2D eigenvalue weighted by molar-refractivity contribution is 6.04. The second kappa shape index (κ2) is 6.49. The molecular weight excluding hydrogens is 304 g/mol. The summed E-state index contributed by atoms with van der Waals surface area (Å²) in [4.78, 5) is 22.6. The highest BCUT2D eigenvalue weighted by Crippen LogP contribution is 2.16. The Bertz CT molecular complexity index is 839. The molecule has 1 amide bonds. The molecule has 0 aliphatic carbocycles. The molecule has 0 saturated heterocycles. The topological polar surface area (TPSA) is 75.9 Å². The van der Waals surface area contributed by atoms with Crippen molar-refractivity contribution < 1.29 is 4.79 Å². The smallest absolute Gasteiger partial charge is 0.259 e. The van der Waals surface area contributed by atoms with Crippen LogP contribution in [0.1, 0.15) is 16.1 Å². The van der Waals surface area contributed by atoms with Crippen molar-refractivity contribution >= 4 is 17.5 Å². The molecule has 2 heterocycles. The third-order valence-corrected chi connectivity index (χ3v) is 3.55. The van der Waals surface area contributed by atoms with E-state index in [1.807, 2.05) is 51.4 Å². The minimum Gasteiger partial charge on any atom is -0.347 e. The number of para-hydroxylation sites is 1. The summed E-state index contributed by atoms with van der Waals surface area (Å²) in [6.07, 6.45) is 4.72. The normalized spacial score (nSPS) is 10.5. The minimum absolute atomic E-state index is 0.240. The zero-order chi connectivity index (χ0) is 17.1. The average molecular weight is 322 g/mol. The van der Waals surface area contributed by atoms with Crippen LogP contribution in [0, 0.1) is 6.92 Å². The molecule has 0 atom stereocenters. The Labute approximate surface area is 140 Å². The number of aromatic nitrogens is 4. The fourth-order valence-electron chi connectivity index (χ4n) is 2.28. The lowest BCUT2D eigenvalue weighted by atomic mass is 10.2. The zero-order valence-corrected chi connectivity index (χ0v) is 13.8. The van der Waals surface area contributed by atoms with Gasteiger partial charge in [-0.15, -0.1) is 0 Å². The monoisotopic (exact) mass is 322 g/mol. The largest absolute Gasteiger partial charge is 0.347 e. The van der Waals surface area contributed by atoms with Crippen molar-refractivity contribution in [3.63, 3.8) is 0 Å². The molecular formula is C17H18N6O. The van der Waals surface area contributed by atoms with E-state index in [0.717, 1.165) is 11.4 Å². The van der Waals surface area contributed by atoms with Crippen LogP contribution in [-0.2, 0) is 0 Å². The van der Waals surface area contributed by atoms with Crippen LogP contribution in [0.4, 0.5) is 11.6 Å². The molecule has 0 unspecified atom stereocenters. The van der Waals surface area contributed by atoms with Gasteiger partial charge in [-0.1, -0.05) is 18.2 Å². The van der Waals surface area contributed by atoms with E-state index >= 15 is 0 Å². The molecule has 24 heavy (non-hydrogen) atoms. The first-order chi connectivity index (χ1) is 11.6. The molecule has 0 radical (unpaired) electrons. The number of nitrogens with zero attached hydrogens (tertiary/aromatic N) is 5. The Morgan fingerprint density at radius 2 is 1.75 bits per heavy atom. The number of benzene rings is 1. The number of nitrogens with one attached hydrogen (secondary N) is 1. The zero-order valence-electron chi connectivity index (χ0n) is 13.8. The van der Waals surface area contributed by atoms with Crippen LogP contribution in [-0.4, -0.2) is 39.8 Å². The molecule has 0 saturated carbocycles. The Balaban J connectivity index is 1.80. The number of anilines is 2. The van der Waals surface area contributed by atoms with Gasteiger partial charge in [0.05, 0.1) is 41.2 Å². The molecule has 1 aromatic carbocycles. The molecule has 0 aliphatic rings. The van der Waals surface area contributed by atoms with Crippen LogP contribution in [0.15, 0.2) is 48.9 Å². The van der Waals surface area contributed by atoms with Crippen molar-refractivity contribution in [3.05, 3.63) is 60.2 Å². The fraction of sp³-hybridized carbons (Fsp3) is 0.176. The summed E-state index contributed by atoms with van der Waals surface area (Å²) >= 11 is 0. The van der Waals surface area contributed by atoms with E-state index in [-0.39, 0.29) is 5.91 Å². The van der Waals surface area contributed by atoms with Gasteiger partial charge in [-0.3, -0.25) is 4.79 Å². The van der Waals surface area contributed by atoms with E-state index < -0.39 is 0 Å². The van der Waals surface area contributed by atoms with E-state index in [1.54, 1.807) is 28.2 Å². The van der Waals surface area contributed by atoms with Gasteiger partial charge >= 0.3 is 0 Å². The quantitative estimate of drug-likeness (QED) is 0.797. The molecule has 2 aromatic heterocycles. The number of hydrogen-bond acceptors (Lipinski definition) is 5. The number of amides is 1. The number of carbonyl (C=O) groups is 1. The number of carbonyl (C=O) groups excluding carboxylic acids is 1. The lowest BCUT2D eigenvalue weighted by Gasteiger charge is -2.10. The van der Waals surface area contributed by atoms with Crippen LogP contribution < -0.4 is 10.2 Å². The van der Waals surface area contributed by atoms with Crippen LogP contribution >= 0.6 is 0 Å². The van der Waals surface area contributed by atoms with Gasteiger partial charge in [-0.25, -0.2) is 14.6 Å². The van der Waals surface area contributed by atoms with Crippen molar-refractivity contribution in [3.8, 4) is 5.69 Å². The second-order valence-electron chi connectivity index (χ2n) is 5.51.